The zero-order valence-corrected chi connectivity index (χ0v) is 13.5. The summed E-state index contributed by atoms with van der Waals surface area (Å²) in [6.07, 6.45) is 0.955. The van der Waals surface area contributed by atoms with E-state index in [9.17, 15) is 4.79 Å². The number of ketones is 1. The predicted molar refractivity (Wildman–Crippen MR) is 91.6 cm³/mol. The van der Waals surface area contributed by atoms with Gasteiger partial charge in [-0.2, -0.15) is 0 Å². The Labute approximate surface area is 135 Å². The monoisotopic (exact) mass is 307 g/mol. The van der Waals surface area contributed by atoms with Gasteiger partial charge in [0.05, 0.1) is 17.6 Å². The smallest absolute Gasteiger partial charge is 0.203 e. The second-order valence-electron chi connectivity index (χ2n) is 5.84. The van der Waals surface area contributed by atoms with Gasteiger partial charge < -0.3 is 9.13 Å². The van der Waals surface area contributed by atoms with Crippen molar-refractivity contribution in [2.75, 3.05) is 0 Å². The van der Waals surface area contributed by atoms with Crippen LogP contribution in [-0.4, -0.2) is 14.9 Å². The van der Waals surface area contributed by atoms with Gasteiger partial charge in [-0.25, -0.2) is 0 Å². The van der Waals surface area contributed by atoms with E-state index in [0.717, 1.165) is 29.6 Å². The zero-order chi connectivity index (χ0) is 16.4. The first-order valence-corrected chi connectivity index (χ1v) is 7.94. The molecule has 4 heteroatoms. The van der Waals surface area contributed by atoms with Gasteiger partial charge in [-0.1, -0.05) is 48.9 Å². The maximum absolute atomic E-state index is 12.6. The minimum atomic E-state index is 0.0305. The summed E-state index contributed by atoms with van der Waals surface area (Å²) >= 11 is 0. The van der Waals surface area contributed by atoms with E-state index >= 15 is 0 Å². The fraction of sp³-hybridized carbons (Fsp3) is 0.263. The molecule has 0 saturated carbocycles. The number of fused-ring (bicyclic) bond motifs is 1. The Morgan fingerprint density at radius 2 is 1.61 bits per heavy atom. The number of rotatable bonds is 5. The van der Waals surface area contributed by atoms with Crippen molar-refractivity contribution < 1.29 is 4.79 Å². The molecule has 1 aromatic heterocycles. The lowest BCUT2D eigenvalue weighted by molar-refractivity contribution is 0.0971. The van der Waals surface area contributed by atoms with Crippen molar-refractivity contribution in [2.45, 2.75) is 33.4 Å². The summed E-state index contributed by atoms with van der Waals surface area (Å²) in [5.41, 5.74) is 4.15. The number of hydrogen-bond donors (Lipinski definition) is 1. The Kier molecular flexibility index (Phi) is 4.15. The Morgan fingerprint density at radius 3 is 2.22 bits per heavy atom. The van der Waals surface area contributed by atoms with Crippen LogP contribution in [0.25, 0.3) is 11.0 Å². The fourth-order valence-corrected chi connectivity index (χ4v) is 2.88. The van der Waals surface area contributed by atoms with Crippen molar-refractivity contribution >= 4 is 16.8 Å². The molecule has 3 rings (SSSR count). The first-order valence-electron chi connectivity index (χ1n) is 7.94. The molecular formula is C19H21N3O. The van der Waals surface area contributed by atoms with E-state index in [4.69, 9.17) is 5.41 Å². The highest BCUT2D eigenvalue weighted by atomic mass is 16.1. The third-order valence-corrected chi connectivity index (χ3v) is 4.10. The van der Waals surface area contributed by atoms with Crippen molar-refractivity contribution in [3.63, 3.8) is 0 Å². The van der Waals surface area contributed by atoms with Gasteiger partial charge in [-0.05, 0) is 25.5 Å². The average Bonchev–Trinajstić information content (AvgIpc) is 2.82. The molecule has 4 nitrogen and oxygen atoms in total. The van der Waals surface area contributed by atoms with Crippen molar-refractivity contribution in [3.05, 3.63) is 65.3 Å². The van der Waals surface area contributed by atoms with Crippen LogP contribution in [0.4, 0.5) is 0 Å². The number of benzene rings is 2. The molecule has 0 aliphatic rings. The van der Waals surface area contributed by atoms with Gasteiger partial charge in [0.1, 0.15) is 0 Å². The lowest BCUT2D eigenvalue weighted by Crippen LogP contribution is -2.27. The quantitative estimate of drug-likeness (QED) is 0.720. The highest BCUT2D eigenvalue weighted by Gasteiger charge is 2.13. The summed E-state index contributed by atoms with van der Waals surface area (Å²) < 4.78 is 3.77. The summed E-state index contributed by atoms with van der Waals surface area (Å²) in [5, 5.41) is 8.44. The Hall–Kier alpha value is -2.62. The minimum absolute atomic E-state index is 0.0305. The van der Waals surface area contributed by atoms with Crippen molar-refractivity contribution in [2.24, 2.45) is 0 Å². The molecule has 0 aliphatic carbocycles. The fourth-order valence-electron chi connectivity index (χ4n) is 2.88. The van der Waals surface area contributed by atoms with Gasteiger partial charge in [0.25, 0.3) is 0 Å². The van der Waals surface area contributed by atoms with Gasteiger partial charge >= 0.3 is 0 Å². The molecular weight excluding hydrogens is 286 g/mol. The predicted octanol–water partition coefficient (Wildman–Crippen LogP) is 3.52. The number of carbonyl (C=O) groups is 1. The molecule has 1 N–H and O–H groups in total. The minimum Gasteiger partial charge on any atom is -0.310 e. The maximum Gasteiger partial charge on any atom is 0.203 e. The first kappa shape index (κ1) is 15.3. The van der Waals surface area contributed by atoms with Crippen LogP contribution in [0, 0.1) is 12.3 Å². The highest BCUT2D eigenvalue weighted by Crippen LogP contribution is 2.14. The summed E-state index contributed by atoms with van der Waals surface area (Å²) in [4.78, 5) is 12.6. The van der Waals surface area contributed by atoms with E-state index in [1.165, 1.54) is 0 Å². The molecule has 2 aromatic carbocycles. The van der Waals surface area contributed by atoms with E-state index in [0.29, 0.717) is 11.2 Å². The first-order chi connectivity index (χ1) is 11.1. The number of carbonyl (C=O) groups excluding carboxylic acids is 1. The van der Waals surface area contributed by atoms with Gasteiger partial charge in [0.15, 0.2) is 5.78 Å². The molecule has 0 amide bonds. The van der Waals surface area contributed by atoms with Crippen molar-refractivity contribution in [1.29, 1.82) is 5.41 Å². The number of imidazole rings is 1. The summed E-state index contributed by atoms with van der Waals surface area (Å²) in [6.45, 7) is 5.07. The maximum atomic E-state index is 12.6. The molecule has 0 bridgehead atoms. The third-order valence-electron chi connectivity index (χ3n) is 4.10. The second-order valence-corrected chi connectivity index (χ2v) is 5.84. The topological polar surface area (TPSA) is 50.8 Å². The largest absolute Gasteiger partial charge is 0.310 e. The van der Waals surface area contributed by atoms with Gasteiger partial charge in [-0.3, -0.25) is 10.2 Å². The molecule has 0 fully saturated rings. The molecule has 118 valence electrons. The van der Waals surface area contributed by atoms with E-state index in [1.807, 2.05) is 60.0 Å². The van der Waals surface area contributed by atoms with Crippen LogP contribution in [-0.2, 0) is 13.1 Å². The summed E-state index contributed by atoms with van der Waals surface area (Å²) in [7, 11) is 0. The SMILES string of the molecule is CCCn1c(=N)n(CC(=O)c2ccc(C)cc2)c2ccccc21. The van der Waals surface area contributed by atoms with Crippen LogP contribution in [0.2, 0.25) is 0 Å². The summed E-state index contributed by atoms with van der Waals surface area (Å²) in [5.74, 6) is 0.0305. The Morgan fingerprint density at radius 1 is 1.00 bits per heavy atom. The number of hydrogen-bond acceptors (Lipinski definition) is 2. The normalized spacial score (nSPS) is 11.0. The lowest BCUT2D eigenvalue weighted by atomic mass is 10.1. The summed E-state index contributed by atoms with van der Waals surface area (Å²) in [6, 6.07) is 15.5. The van der Waals surface area contributed by atoms with E-state index in [1.54, 1.807) is 4.57 Å². The molecule has 0 spiro atoms. The number of aryl methyl sites for hydroxylation is 2. The molecule has 23 heavy (non-hydrogen) atoms. The molecule has 0 radical (unpaired) electrons. The standard InChI is InChI=1S/C19H21N3O/c1-3-12-21-16-6-4-5-7-17(16)22(19(21)20)13-18(23)15-10-8-14(2)9-11-15/h4-11,20H,3,12-13H2,1-2H3. The Balaban J connectivity index is 2.03. The number of nitrogens with zero attached hydrogens (tertiary/aromatic N) is 2. The number of nitrogens with one attached hydrogen (secondary N) is 1. The van der Waals surface area contributed by atoms with Crippen LogP contribution >= 0.6 is 0 Å². The van der Waals surface area contributed by atoms with Gasteiger partial charge in [0, 0.05) is 12.1 Å². The van der Waals surface area contributed by atoms with Crippen molar-refractivity contribution in [1.82, 2.24) is 9.13 Å². The molecule has 0 atom stereocenters. The van der Waals surface area contributed by atoms with E-state index in [2.05, 4.69) is 6.92 Å². The molecule has 3 aromatic rings. The van der Waals surface area contributed by atoms with E-state index in [-0.39, 0.29) is 12.3 Å². The van der Waals surface area contributed by atoms with E-state index < -0.39 is 0 Å². The molecule has 1 heterocycles. The number of para-hydroxylation sites is 2. The molecule has 0 saturated heterocycles. The van der Waals surface area contributed by atoms with Crippen LogP contribution in [0.1, 0.15) is 29.3 Å². The Bertz CT molecular complexity index is 901. The van der Waals surface area contributed by atoms with Crippen LogP contribution in [0.15, 0.2) is 48.5 Å². The van der Waals surface area contributed by atoms with Gasteiger partial charge in [0.2, 0.25) is 5.62 Å². The number of Topliss-reactive ketones (excluding diaryl/α,β-unsaturated/α-hetero) is 1. The second kappa shape index (κ2) is 6.24. The third kappa shape index (κ3) is 2.84. The van der Waals surface area contributed by atoms with Crippen LogP contribution in [0.3, 0.4) is 0 Å². The zero-order valence-electron chi connectivity index (χ0n) is 13.5. The number of aromatic nitrogens is 2. The van der Waals surface area contributed by atoms with Crippen LogP contribution in [0.5, 0.6) is 0 Å². The van der Waals surface area contributed by atoms with Crippen LogP contribution < -0.4 is 5.62 Å². The lowest BCUT2D eigenvalue weighted by Gasteiger charge is -2.05. The highest BCUT2D eigenvalue weighted by molar-refractivity contribution is 5.96. The average molecular weight is 307 g/mol. The van der Waals surface area contributed by atoms with Crippen molar-refractivity contribution in [3.8, 4) is 0 Å². The van der Waals surface area contributed by atoms with Gasteiger partial charge in [-0.15, -0.1) is 0 Å². The molecule has 0 unspecified atom stereocenters. The molecule has 0 aliphatic heterocycles.